The highest BCUT2D eigenvalue weighted by atomic mass is 16.3. The van der Waals surface area contributed by atoms with Gasteiger partial charge in [-0.25, -0.2) is 0 Å². The zero-order valence-electron chi connectivity index (χ0n) is 9.76. The van der Waals surface area contributed by atoms with Crippen LogP contribution >= 0.6 is 0 Å². The second-order valence-corrected chi connectivity index (χ2v) is 3.70. The van der Waals surface area contributed by atoms with Crippen LogP contribution in [-0.2, 0) is 0 Å². The van der Waals surface area contributed by atoms with Gasteiger partial charge in [0.2, 0.25) is 0 Å². The molecule has 0 atom stereocenters. The number of aromatic hydroxyl groups is 2. The average molecular weight is 239 g/mol. The largest absolute Gasteiger partial charge is 0.508 e. The number of carbonyl (C=O) groups excluding carboxylic acids is 1. The molecule has 0 bridgehead atoms. The van der Waals surface area contributed by atoms with E-state index in [1.807, 2.05) is 6.92 Å². The third-order valence-electron chi connectivity index (χ3n) is 2.40. The number of phenols is 2. The molecule has 1 aromatic carbocycles. The van der Waals surface area contributed by atoms with Gasteiger partial charge < -0.3 is 20.2 Å². The van der Waals surface area contributed by atoms with Gasteiger partial charge in [0.15, 0.2) is 0 Å². The molecule has 17 heavy (non-hydrogen) atoms. The molecule has 3 N–H and O–H groups in total. The van der Waals surface area contributed by atoms with E-state index in [0.29, 0.717) is 19.5 Å². The summed E-state index contributed by atoms with van der Waals surface area (Å²) in [6.45, 7) is 2.81. The van der Waals surface area contributed by atoms with E-state index < -0.39 is 0 Å². The fourth-order valence-corrected chi connectivity index (χ4v) is 1.57. The Labute approximate surface area is 99.9 Å². The van der Waals surface area contributed by atoms with E-state index in [2.05, 4.69) is 0 Å². The molecule has 5 heteroatoms. The Kier molecular flexibility index (Phi) is 4.78. The van der Waals surface area contributed by atoms with E-state index in [1.54, 1.807) is 4.90 Å². The van der Waals surface area contributed by atoms with Crippen molar-refractivity contribution in [3.05, 3.63) is 23.8 Å². The Balaban J connectivity index is 2.85. The second kappa shape index (κ2) is 6.10. The highest BCUT2D eigenvalue weighted by Crippen LogP contribution is 2.21. The minimum absolute atomic E-state index is 0.0229. The van der Waals surface area contributed by atoms with E-state index in [9.17, 15) is 15.0 Å². The average Bonchev–Trinajstić information content (AvgIpc) is 2.28. The zero-order chi connectivity index (χ0) is 12.8. The number of phenolic OH excluding ortho intramolecular Hbond substituents is 2. The van der Waals surface area contributed by atoms with Crippen molar-refractivity contribution >= 4 is 5.91 Å². The van der Waals surface area contributed by atoms with Crippen molar-refractivity contribution in [2.75, 3.05) is 19.7 Å². The highest BCUT2D eigenvalue weighted by molar-refractivity contribution is 5.95. The summed E-state index contributed by atoms with van der Waals surface area (Å²) in [6.07, 6.45) is 0.504. The van der Waals surface area contributed by atoms with Crippen molar-refractivity contribution in [2.24, 2.45) is 0 Å². The van der Waals surface area contributed by atoms with Crippen LogP contribution in [0.2, 0.25) is 0 Å². The Morgan fingerprint density at radius 3 is 2.29 bits per heavy atom. The third-order valence-corrected chi connectivity index (χ3v) is 2.40. The molecule has 0 aliphatic rings. The van der Waals surface area contributed by atoms with Gasteiger partial charge >= 0.3 is 0 Å². The predicted octanol–water partition coefficient (Wildman–Crippen LogP) is 0.942. The van der Waals surface area contributed by atoms with Gasteiger partial charge in [-0.15, -0.1) is 0 Å². The summed E-state index contributed by atoms with van der Waals surface area (Å²) in [5, 5.41) is 27.3. The first-order valence-electron chi connectivity index (χ1n) is 5.51. The van der Waals surface area contributed by atoms with Crippen LogP contribution in [-0.4, -0.2) is 45.8 Å². The lowest BCUT2D eigenvalue weighted by Crippen LogP contribution is -2.32. The number of amides is 1. The molecule has 0 radical (unpaired) electrons. The Morgan fingerprint density at radius 1 is 1.24 bits per heavy atom. The van der Waals surface area contributed by atoms with Crippen LogP contribution in [0.15, 0.2) is 18.2 Å². The lowest BCUT2D eigenvalue weighted by Gasteiger charge is -2.20. The number of nitrogens with zero attached hydrogens (tertiary/aromatic N) is 1. The van der Waals surface area contributed by atoms with Crippen molar-refractivity contribution in [1.82, 2.24) is 4.90 Å². The van der Waals surface area contributed by atoms with Crippen molar-refractivity contribution in [2.45, 2.75) is 13.3 Å². The van der Waals surface area contributed by atoms with Gasteiger partial charge in [0.1, 0.15) is 11.5 Å². The molecular formula is C12H17NO4. The number of carbonyl (C=O) groups is 1. The predicted molar refractivity (Wildman–Crippen MR) is 63.1 cm³/mol. The fraction of sp³-hybridized carbons (Fsp3) is 0.417. The molecule has 5 nitrogen and oxygen atoms in total. The number of aliphatic hydroxyl groups excluding tert-OH is 1. The van der Waals surface area contributed by atoms with Crippen LogP contribution in [0.5, 0.6) is 11.5 Å². The van der Waals surface area contributed by atoms with E-state index in [1.165, 1.54) is 18.2 Å². The molecule has 94 valence electrons. The van der Waals surface area contributed by atoms with Crippen LogP contribution in [0.25, 0.3) is 0 Å². The standard InChI is InChI=1S/C12H17NO4/c1-2-13(4-3-5-14)12(17)9-6-10(15)8-11(16)7-9/h6-8,14-16H,2-5H2,1H3. The lowest BCUT2D eigenvalue weighted by atomic mass is 10.1. The summed E-state index contributed by atoms with van der Waals surface area (Å²) >= 11 is 0. The fourth-order valence-electron chi connectivity index (χ4n) is 1.57. The zero-order valence-corrected chi connectivity index (χ0v) is 9.76. The normalized spacial score (nSPS) is 10.2. The van der Waals surface area contributed by atoms with Gasteiger partial charge in [0.25, 0.3) is 5.91 Å². The molecule has 0 saturated heterocycles. The smallest absolute Gasteiger partial charge is 0.254 e. The van der Waals surface area contributed by atoms with Gasteiger partial charge in [-0.2, -0.15) is 0 Å². The number of hydrogen-bond acceptors (Lipinski definition) is 4. The van der Waals surface area contributed by atoms with E-state index >= 15 is 0 Å². The van der Waals surface area contributed by atoms with Crippen LogP contribution in [0.4, 0.5) is 0 Å². The number of aliphatic hydroxyl groups is 1. The molecule has 0 aliphatic heterocycles. The Morgan fingerprint density at radius 2 is 1.82 bits per heavy atom. The van der Waals surface area contributed by atoms with Crippen LogP contribution < -0.4 is 0 Å². The van der Waals surface area contributed by atoms with Crippen molar-refractivity contribution in [3.8, 4) is 11.5 Å². The maximum atomic E-state index is 12.0. The number of benzene rings is 1. The molecular weight excluding hydrogens is 222 g/mol. The summed E-state index contributed by atoms with van der Waals surface area (Å²) in [5.41, 5.74) is 0.238. The summed E-state index contributed by atoms with van der Waals surface area (Å²) in [6, 6.07) is 3.79. The van der Waals surface area contributed by atoms with E-state index in [0.717, 1.165) is 0 Å². The first-order valence-corrected chi connectivity index (χ1v) is 5.51. The van der Waals surface area contributed by atoms with Gasteiger partial charge in [-0.1, -0.05) is 0 Å². The molecule has 1 amide bonds. The van der Waals surface area contributed by atoms with E-state index in [-0.39, 0.29) is 29.6 Å². The number of rotatable bonds is 5. The first kappa shape index (κ1) is 13.3. The summed E-state index contributed by atoms with van der Waals surface area (Å²) < 4.78 is 0. The van der Waals surface area contributed by atoms with Gasteiger partial charge in [0, 0.05) is 31.3 Å². The molecule has 1 rings (SSSR count). The minimum Gasteiger partial charge on any atom is -0.508 e. The minimum atomic E-state index is -0.271. The molecule has 1 aromatic rings. The van der Waals surface area contributed by atoms with Crippen LogP contribution in [0.1, 0.15) is 23.7 Å². The van der Waals surface area contributed by atoms with E-state index in [4.69, 9.17) is 5.11 Å². The maximum absolute atomic E-state index is 12.0. The summed E-state index contributed by atoms with van der Waals surface area (Å²) in [5.74, 6) is -0.565. The first-order chi connectivity index (χ1) is 8.08. The molecule has 0 aliphatic carbocycles. The van der Waals surface area contributed by atoms with Crippen molar-refractivity contribution < 1.29 is 20.1 Å². The molecule has 0 unspecified atom stereocenters. The quantitative estimate of drug-likeness (QED) is 0.714. The third kappa shape index (κ3) is 3.64. The summed E-state index contributed by atoms with van der Waals surface area (Å²) in [4.78, 5) is 13.6. The maximum Gasteiger partial charge on any atom is 0.254 e. The van der Waals surface area contributed by atoms with Gasteiger partial charge in [0.05, 0.1) is 0 Å². The SMILES string of the molecule is CCN(CCCO)C(=O)c1cc(O)cc(O)c1. The molecule has 0 fully saturated rings. The molecule has 0 aromatic heterocycles. The van der Waals surface area contributed by atoms with Crippen LogP contribution in [0.3, 0.4) is 0 Å². The van der Waals surface area contributed by atoms with Crippen molar-refractivity contribution in [1.29, 1.82) is 0 Å². The van der Waals surface area contributed by atoms with Crippen LogP contribution in [0, 0.1) is 0 Å². The van der Waals surface area contributed by atoms with Crippen molar-refractivity contribution in [3.63, 3.8) is 0 Å². The summed E-state index contributed by atoms with van der Waals surface area (Å²) in [7, 11) is 0. The molecule has 0 saturated carbocycles. The molecule has 0 spiro atoms. The second-order valence-electron chi connectivity index (χ2n) is 3.70. The number of hydrogen-bond donors (Lipinski definition) is 3. The monoisotopic (exact) mass is 239 g/mol. The molecule has 0 heterocycles. The Bertz CT molecular complexity index is 372. The lowest BCUT2D eigenvalue weighted by molar-refractivity contribution is 0.0753. The topological polar surface area (TPSA) is 81.0 Å². The van der Waals surface area contributed by atoms with Gasteiger partial charge in [-0.05, 0) is 25.5 Å². The highest BCUT2D eigenvalue weighted by Gasteiger charge is 2.15. The Hall–Kier alpha value is -1.75. The van der Waals surface area contributed by atoms with Gasteiger partial charge in [-0.3, -0.25) is 4.79 Å².